The molecule has 1 amide bonds. The highest BCUT2D eigenvalue weighted by molar-refractivity contribution is 5.76. The van der Waals surface area contributed by atoms with Gasteiger partial charge in [-0.1, -0.05) is 6.42 Å². The van der Waals surface area contributed by atoms with Gasteiger partial charge < -0.3 is 10.6 Å². The van der Waals surface area contributed by atoms with E-state index in [1.54, 1.807) is 18.5 Å². The summed E-state index contributed by atoms with van der Waals surface area (Å²) in [5, 5.41) is 6.07. The fourth-order valence-electron chi connectivity index (χ4n) is 3.70. The molecule has 108 valence electrons. The zero-order valence-corrected chi connectivity index (χ0v) is 11.7. The molecule has 0 aliphatic heterocycles. The Morgan fingerprint density at radius 1 is 1.20 bits per heavy atom. The first-order valence-electron chi connectivity index (χ1n) is 7.59. The Balaban J connectivity index is 1.32. The molecule has 0 saturated heterocycles. The van der Waals surface area contributed by atoms with Gasteiger partial charge >= 0.3 is 0 Å². The lowest BCUT2D eigenvalue weighted by molar-refractivity contribution is -0.122. The van der Waals surface area contributed by atoms with Crippen molar-refractivity contribution in [3.8, 4) is 0 Å². The number of hydrogen-bond donors (Lipinski definition) is 2. The Labute approximate surface area is 119 Å². The maximum Gasteiger partial charge on any atom is 0.222 e. The standard InChI is InChI=1S/C15H22N4O/c20-14(10-13-9-11-2-3-12(13)8-11)16-6-7-19-15-17-4-1-5-18-15/h1,4-5,11-13H,2-3,6-10H2,(H,16,20)(H,17,18,19)/t11-,12-,13+/m0/s1. The van der Waals surface area contributed by atoms with Crippen molar-refractivity contribution in [2.24, 2.45) is 17.8 Å². The van der Waals surface area contributed by atoms with E-state index in [9.17, 15) is 4.79 Å². The highest BCUT2D eigenvalue weighted by Crippen LogP contribution is 2.49. The van der Waals surface area contributed by atoms with E-state index in [0.717, 1.165) is 11.8 Å². The third-order valence-corrected chi connectivity index (χ3v) is 4.63. The largest absolute Gasteiger partial charge is 0.354 e. The summed E-state index contributed by atoms with van der Waals surface area (Å²) in [6.45, 7) is 1.28. The summed E-state index contributed by atoms with van der Waals surface area (Å²) in [5.41, 5.74) is 0. The molecule has 2 aliphatic rings. The van der Waals surface area contributed by atoms with E-state index in [-0.39, 0.29) is 5.91 Å². The quantitative estimate of drug-likeness (QED) is 0.777. The molecule has 3 atom stereocenters. The van der Waals surface area contributed by atoms with Crippen molar-refractivity contribution >= 4 is 11.9 Å². The zero-order valence-electron chi connectivity index (χ0n) is 11.7. The van der Waals surface area contributed by atoms with E-state index in [1.165, 1.54) is 25.7 Å². The van der Waals surface area contributed by atoms with Crippen LogP contribution >= 0.6 is 0 Å². The first-order chi connectivity index (χ1) is 9.81. The molecular formula is C15H22N4O. The van der Waals surface area contributed by atoms with E-state index in [0.29, 0.717) is 31.4 Å². The van der Waals surface area contributed by atoms with Crippen molar-refractivity contribution in [3.63, 3.8) is 0 Å². The van der Waals surface area contributed by atoms with Crippen LogP contribution in [0.2, 0.25) is 0 Å². The van der Waals surface area contributed by atoms with Crippen molar-refractivity contribution in [1.82, 2.24) is 15.3 Å². The molecule has 1 aromatic rings. The normalized spacial score (nSPS) is 27.5. The number of carbonyl (C=O) groups is 1. The average molecular weight is 274 g/mol. The molecule has 0 radical (unpaired) electrons. The highest BCUT2D eigenvalue weighted by atomic mass is 16.1. The Bertz CT molecular complexity index is 450. The molecule has 2 saturated carbocycles. The SMILES string of the molecule is O=C(C[C@H]1C[C@H]2CC[C@H]1C2)NCCNc1ncccn1. The monoisotopic (exact) mass is 274 g/mol. The fourth-order valence-corrected chi connectivity index (χ4v) is 3.70. The molecule has 0 aromatic carbocycles. The van der Waals surface area contributed by atoms with Crippen LogP contribution in [0.5, 0.6) is 0 Å². The van der Waals surface area contributed by atoms with Gasteiger partial charge in [0.15, 0.2) is 0 Å². The predicted molar refractivity (Wildman–Crippen MR) is 77.1 cm³/mol. The first-order valence-corrected chi connectivity index (χ1v) is 7.59. The maximum atomic E-state index is 11.9. The zero-order chi connectivity index (χ0) is 13.8. The van der Waals surface area contributed by atoms with Gasteiger partial charge in [0, 0.05) is 31.9 Å². The molecule has 2 aliphatic carbocycles. The van der Waals surface area contributed by atoms with Crippen LogP contribution in [-0.2, 0) is 4.79 Å². The first kappa shape index (κ1) is 13.3. The lowest BCUT2D eigenvalue weighted by Gasteiger charge is -2.20. The number of fused-ring (bicyclic) bond motifs is 2. The second-order valence-electron chi connectivity index (χ2n) is 5.99. The second kappa shape index (κ2) is 6.20. The molecule has 3 rings (SSSR count). The van der Waals surface area contributed by atoms with Crippen LogP contribution < -0.4 is 10.6 Å². The number of aromatic nitrogens is 2. The molecule has 5 heteroatoms. The summed E-state index contributed by atoms with van der Waals surface area (Å²) in [6.07, 6.45) is 9.48. The Kier molecular flexibility index (Phi) is 4.14. The lowest BCUT2D eigenvalue weighted by atomic mass is 9.86. The molecule has 2 N–H and O–H groups in total. The second-order valence-corrected chi connectivity index (χ2v) is 5.99. The smallest absolute Gasteiger partial charge is 0.222 e. The van der Waals surface area contributed by atoms with Gasteiger partial charge in [0.2, 0.25) is 11.9 Å². The van der Waals surface area contributed by atoms with Crippen molar-refractivity contribution in [2.75, 3.05) is 18.4 Å². The van der Waals surface area contributed by atoms with Crippen molar-refractivity contribution in [1.29, 1.82) is 0 Å². The topological polar surface area (TPSA) is 66.9 Å². The summed E-state index contributed by atoms with van der Waals surface area (Å²) in [6, 6.07) is 1.78. The van der Waals surface area contributed by atoms with Crippen molar-refractivity contribution in [2.45, 2.75) is 32.1 Å². The van der Waals surface area contributed by atoms with Crippen LogP contribution in [-0.4, -0.2) is 29.0 Å². The van der Waals surface area contributed by atoms with Gasteiger partial charge in [0.25, 0.3) is 0 Å². The van der Waals surface area contributed by atoms with Gasteiger partial charge in [0.1, 0.15) is 0 Å². The fraction of sp³-hybridized carbons (Fsp3) is 0.667. The number of amides is 1. The Morgan fingerprint density at radius 3 is 2.75 bits per heavy atom. The molecule has 1 aromatic heterocycles. The average Bonchev–Trinajstić information content (AvgIpc) is 3.07. The van der Waals surface area contributed by atoms with Crippen LogP contribution in [0.25, 0.3) is 0 Å². The molecule has 0 unspecified atom stereocenters. The summed E-state index contributed by atoms with van der Waals surface area (Å²) in [4.78, 5) is 20.1. The van der Waals surface area contributed by atoms with Crippen LogP contribution in [0.15, 0.2) is 18.5 Å². The van der Waals surface area contributed by atoms with E-state index < -0.39 is 0 Å². The van der Waals surface area contributed by atoms with Gasteiger partial charge in [-0.05, 0) is 43.1 Å². The van der Waals surface area contributed by atoms with Crippen LogP contribution in [0.1, 0.15) is 32.1 Å². The molecule has 20 heavy (non-hydrogen) atoms. The van der Waals surface area contributed by atoms with Crippen molar-refractivity contribution in [3.05, 3.63) is 18.5 Å². The third kappa shape index (κ3) is 3.26. The molecule has 2 fully saturated rings. The molecule has 0 spiro atoms. The van der Waals surface area contributed by atoms with E-state index in [4.69, 9.17) is 0 Å². The summed E-state index contributed by atoms with van der Waals surface area (Å²) in [5.74, 6) is 3.17. The number of hydrogen-bond acceptors (Lipinski definition) is 4. The summed E-state index contributed by atoms with van der Waals surface area (Å²) >= 11 is 0. The minimum Gasteiger partial charge on any atom is -0.354 e. The maximum absolute atomic E-state index is 11.9. The molecule has 5 nitrogen and oxygen atoms in total. The van der Waals surface area contributed by atoms with E-state index in [2.05, 4.69) is 20.6 Å². The van der Waals surface area contributed by atoms with Crippen LogP contribution in [0, 0.1) is 17.8 Å². The summed E-state index contributed by atoms with van der Waals surface area (Å²) < 4.78 is 0. The number of anilines is 1. The van der Waals surface area contributed by atoms with Gasteiger partial charge in [0.05, 0.1) is 0 Å². The number of nitrogens with one attached hydrogen (secondary N) is 2. The molecule has 1 heterocycles. The van der Waals surface area contributed by atoms with Gasteiger partial charge in [-0.2, -0.15) is 0 Å². The van der Waals surface area contributed by atoms with E-state index >= 15 is 0 Å². The van der Waals surface area contributed by atoms with Crippen molar-refractivity contribution < 1.29 is 4.79 Å². The van der Waals surface area contributed by atoms with Gasteiger partial charge in [-0.25, -0.2) is 9.97 Å². The lowest BCUT2D eigenvalue weighted by Crippen LogP contribution is -2.31. The molecular weight excluding hydrogens is 252 g/mol. The number of nitrogens with zero attached hydrogens (tertiary/aromatic N) is 2. The predicted octanol–water partition coefficient (Wildman–Crippen LogP) is 1.83. The Morgan fingerprint density at radius 2 is 2.05 bits per heavy atom. The van der Waals surface area contributed by atoms with Crippen LogP contribution in [0.3, 0.4) is 0 Å². The number of carbonyl (C=O) groups excluding carboxylic acids is 1. The van der Waals surface area contributed by atoms with Crippen LogP contribution in [0.4, 0.5) is 5.95 Å². The minimum absolute atomic E-state index is 0.193. The summed E-state index contributed by atoms with van der Waals surface area (Å²) in [7, 11) is 0. The van der Waals surface area contributed by atoms with Gasteiger partial charge in [-0.15, -0.1) is 0 Å². The minimum atomic E-state index is 0.193. The number of rotatable bonds is 6. The Hall–Kier alpha value is -1.65. The van der Waals surface area contributed by atoms with E-state index in [1.807, 2.05) is 0 Å². The molecule has 2 bridgehead atoms. The van der Waals surface area contributed by atoms with Gasteiger partial charge in [-0.3, -0.25) is 4.79 Å². The highest BCUT2D eigenvalue weighted by Gasteiger charge is 2.39. The third-order valence-electron chi connectivity index (χ3n) is 4.63.